The Morgan fingerprint density at radius 1 is 1.30 bits per heavy atom. The second-order valence-corrected chi connectivity index (χ2v) is 4.40. The first kappa shape index (κ1) is 12.4. The topological polar surface area (TPSA) is 72.8 Å². The molecule has 3 heterocycles. The molecule has 0 aliphatic carbocycles. The summed E-state index contributed by atoms with van der Waals surface area (Å²) in [5, 5.41) is 0. The fourth-order valence-corrected chi connectivity index (χ4v) is 1.94. The van der Waals surface area contributed by atoms with Crippen molar-refractivity contribution < 1.29 is 4.74 Å². The number of H-pyrrole nitrogens is 1. The van der Waals surface area contributed by atoms with Crippen LogP contribution in [0.2, 0.25) is 0 Å². The normalized spacial score (nSPS) is 10.9. The molecule has 0 aliphatic heterocycles. The number of ether oxygens (including phenoxy) is 1. The van der Waals surface area contributed by atoms with Crippen LogP contribution in [0.25, 0.3) is 22.6 Å². The molecule has 6 nitrogen and oxygen atoms in total. The van der Waals surface area contributed by atoms with E-state index < -0.39 is 0 Å². The van der Waals surface area contributed by atoms with Gasteiger partial charge in [-0.15, -0.1) is 0 Å². The summed E-state index contributed by atoms with van der Waals surface area (Å²) in [6, 6.07) is 7.03. The number of pyridine rings is 2. The second kappa shape index (κ2) is 4.80. The number of fused-ring (bicyclic) bond motifs is 1. The maximum absolute atomic E-state index is 11.7. The van der Waals surface area contributed by atoms with E-state index in [1.54, 1.807) is 25.4 Å². The second-order valence-electron chi connectivity index (χ2n) is 4.40. The fraction of sp³-hybridized carbons (Fsp3) is 0.214. The van der Waals surface area contributed by atoms with E-state index in [1.165, 1.54) is 4.57 Å². The number of nitrogens with one attached hydrogen (secondary N) is 1. The highest BCUT2D eigenvalue weighted by atomic mass is 16.5. The van der Waals surface area contributed by atoms with E-state index >= 15 is 0 Å². The van der Waals surface area contributed by atoms with E-state index in [4.69, 9.17) is 4.74 Å². The number of hydrogen-bond donors (Lipinski definition) is 1. The van der Waals surface area contributed by atoms with Crippen LogP contribution in [0.4, 0.5) is 0 Å². The molecule has 0 aromatic carbocycles. The van der Waals surface area contributed by atoms with Gasteiger partial charge < -0.3 is 14.3 Å². The number of aryl methyl sites for hydroxylation is 1. The van der Waals surface area contributed by atoms with Gasteiger partial charge in [-0.1, -0.05) is 0 Å². The van der Waals surface area contributed by atoms with Crippen LogP contribution in [0.3, 0.4) is 0 Å². The quantitative estimate of drug-likeness (QED) is 0.786. The third-order valence-corrected chi connectivity index (χ3v) is 2.99. The molecule has 0 fully saturated rings. The van der Waals surface area contributed by atoms with Gasteiger partial charge in [-0.3, -0.25) is 4.79 Å². The molecule has 0 bridgehead atoms. The summed E-state index contributed by atoms with van der Waals surface area (Å²) in [5.41, 5.74) is 2.05. The molecule has 102 valence electrons. The summed E-state index contributed by atoms with van der Waals surface area (Å²) >= 11 is 0. The van der Waals surface area contributed by atoms with Gasteiger partial charge in [0, 0.05) is 30.9 Å². The Morgan fingerprint density at radius 2 is 2.15 bits per heavy atom. The summed E-state index contributed by atoms with van der Waals surface area (Å²) in [4.78, 5) is 23.5. The Morgan fingerprint density at radius 3 is 2.90 bits per heavy atom. The Labute approximate surface area is 115 Å². The van der Waals surface area contributed by atoms with E-state index in [-0.39, 0.29) is 5.56 Å². The number of aromatic amines is 1. The number of imidazole rings is 1. The van der Waals surface area contributed by atoms with E-state index in [2.05, 4.69) is 15.0 Å². The van der Waals surface area contributed by atoms with Crippen LogP contribution >= 0.6 is 0 Å². The average molecular weight is 270 g/mol. The van der Waals surface area contributed by atoms with Crippen LogP contribution in [0.1, 0.15) is 6.92 Å². The van der Waals surface area contributed by atoms with Gasteiger partial charge in [-0.05, 0) is 19.1 Å². The predicted molar refractivity (Wildman–Crippen MR) is 75.7 cm³/mol. The van der Waals surface area contributed by atoms with Crippen LogP contribution in [0.5, 0.6) is 5.88 Å². The number of hydrogen-bond acceptors (Lipinski definition) is 4. The van der Waals surface area contributed by atoms with Crippen molar-refractivity contribution in [3.63, 3.8) is 0 Å². The highest BCUT2D eigenvalue weighted by Crippen LogP contribution is 2.20. The molecule has 0 saturated carbocycles. The van der Waals surface area contributed by atoms with E-state index in [0.29, 0.717) is 24.0 Å². The molecule has 20 heavy (non-hydrogen) atoms. The zero-order valence-electron chi connectivity index (χ0n) is 11.3. The van der Waals surface area contributed by atoms with Crippen molar-refractivity contribution in [1.82, 2.24) is 19.5 Å². The molecule has 6 heteroatoms. The first-order valence-corrected chi connectivity index (χ1v) is 6.34. The molecule has 0 unspecified atom stereocenters. The molecule has 0 atom stereocenters. The van der Waals surface area contributed by atoms with Gasteiger partial charge in [0.2, 0.25) is 5.88 Å². The lowest BCUT2D eigenvalue weighted by atomic mass is 10.2. The minimum Gasteiger partial charge on any atom is -0.478 e. The van der Waals surface area contributed by atoms with Crippen molar-refractivity contribution in [3.05, 3.63) is 40.8 Å². The maximum Gasteiger partial charge on any atom is 0.250 e. The number of aromatic nitrogens is 4. The lowest BCUT2D eigenvalue weighted by molar-refractivity contribution is 0.328. The van der Waals surface area contributed by atoms with Crippen LogP contribution in [-0.2, 0) is 7.05 Å². The van der Waals surface area contributed by atoms with Gasteiger partial charge in [0.05, 0.1) is 12.1 Å². The summed E-state index contributed by atoms with van der Waals surface area (Å²) in [5.74, 6) is 1.17. The Balaban J connectivity index is 2.07. The van der Waals surface area contributed by atoms with E-state index in [9.17, 15) is 4.79 Å². The van der Waals surface area contributed by atoms with Crippen molar-refractivity contribution >= 4 is 11.2 Å². The summed E-state index contributed by atoms with van der Waals surface area (Å²) < 4.78 is 6.86. The SMILES string of the molecule is CCOc1ccc2[nH]c(-c3ccn(C)c(=O)c3)nc2n1. The third-order valence-electron chi connectivity index (χ3n) is 2.99. The van der Waals surface area contributed by atoms with Crippen LogP contribution in [0, 0.1) is 0 Å². The molecule has 3 rings (SSSR count). The van der Waals surface area contributed by atoms with Crippen LogP contribution < -0.4 is 10.3 Å². The Kier molecular flexibility index (Phi) is 2.98. The highest BCUT2D eigenvalue weighted by molar-refractivity contribution is 5.76. The van der Waals surface area contributed by atoms with Crippen molar-refractivity contribution in [2.24, 2.45) is 7.05 Å². The minimum absolute atomic E-state index is 0.0779. The summed E-state index contributed by atoms with van der Waals surface area (Å²) in [7, 11) is 1.71. The van der Waals surface area contributed by atoms with E-state index in [1.807, 2.05) is 19.1 Å². The lowest BCUT2D eigenvalue weighted by Gasteiger charge is -1.99. The molecule has 3 aromatic rings. The van der Waals surface area contributed by atoms with E-state index in [0.717, 1.165) is 11.1 Å². The van der Waals surface area contributed by atoms with Gasteiger partial charge >= 0.3 is 0 Å². The van der Waals surface area contributed by atoms with Gasteiger partial charge in [0.1, 0.15) is 5.82 Å². The van der Waals surface area contributed by atoms with Crippen LogP contribution in [-0.4, -0.2) is 26.1 Å². The van der Waals surface area contributed by atoms with Crippen molar-refractivity contribution in [1.29, 1.82) is 0 Å². The molecule has 0 aliphatic rings. The summed E-state index contributed by atoms with van der Waals surface area (Å²) in [6.07, 6.45) is 1.71. The van der Waals surface area contributed by atoms with Crippen molar-refractivity contribution in [2.45, 2.75) is 6.92 Å². The minimum atomic E-state index is -0.0779. The largest absolute Gasteiger partial charge is 0.478 e. The molecule has 0 spiro atoms. The van der Waals surface area contributed by atoms with Gasteiger partial charge in [0.15, 0.2) is 5.65 Å². The predicted octanol–water partition coefficient (Wildman–Crippen LogP) is 1.72. The third kappa shape index (κ3) is 2.16. The molecule has 1 N–H and O–H groups in total. The highest BCUT2D eigenvalue weighted by Gasteiger charge is 2.08. The summed E-state index contributed by atoms with van der Waals surface area (Å²) in [6.45, 7) is 2.46. The van der Waals surface area contributed by atoms with Gasteiger partial charge in [-0.2, -0.15) is 4.98 Å². The zero-order valence-corrected chi connectivity index (χ0v) is 11.3. The standard InChI is InChI=1S/C14H14N4O2/c1-3-20-11-5-4-10-14(16-11)17-13(15-10)9-6-7-18(2)12(19)8-9/h4-8H,3H2,1-2H3,(H,15,16,17). The molecule has 0 radical (unpaired) electrons. The average Bonchev–Trinajstić information content (AvgIpc) is 2.85. The van der Waals surface area contributed by atoms with Crippen molar-refractivity contribution in [3.8, 4) is 17.3 Å². The molecule has 0 saturated heterocycles. The zero-order chi connectivity index (χ0) is 14.1. The lowest BCUT2D eigenvalue weighted by Crippen LogP contribution is -2.14. The molecule has 3 aromatic heterocycles. The molecular weight excluding hydrogens is 256 g/mol. The fourth-order valence-electron chi connectivity index (χ4n) is 1.94. The Bertz CT molecular complexity index is 819. The maximum atomic E-state index is 11.7. The van der Waals surface area contributed by atoms with Gasteiger partial charge in [-0.25, -0.2) is 4.98 Å². The monoisotopic (exact) mass is 270 g/mol. The van der Waals surface area contributed by atoms with Crippen LogP contribution in [0.15, 0.2) is 35.3 Å². The molecule has 0 amide bonds. The Hall–Kier alpha value is -2.63. The smallest absolute Gasteiger partial charge is 0.250 e. The van der Waals surface area contributed by atoms with Gasteiger partial charge in [0.25, 0.3) is 5.56 Å². The number of nitrogens with zero attached hydrogens (tertiary/aromatic N) is 3. The number of rotatable bonds is 3. The van der Waals surface area contributed by atoms with Crippen molar-refractivity contribution in [2.75, 3.05) is 6.61 Å². The first-order chi connectivity index (χ1) is 9.67. The molecular formula is C14H14N4O2. The first-order valence-electron chi connectivity index (χ1n) is 6.34.